The fourth-order valence-corrected chi connectivity index (χ4v) is 1.86. The number of rotatable bonds is 3. The van der Waals surface area contributed by atoms with Crippen molar-refractivity contribution in [3.63, 3.8) is 0 Å². The molecule has 0 radical (unpaired) electrons. The first-order valence-electron chi connectivity index (χ1n) is 5.47. The van der Waals surface area contributed by atoms with Crippen molar-refractivity contribution in [2.24, 2.45) is 0 Å². The Bertz CT molecular complexity index is 393. The van der Waals surface area contributed by atoms with Crippen molar-refractivity contribution in [2.75, 3.05) is 6.54 Å². The summed E-state index contributed by atoms with van der Waals surface area (Å²) in [4.78, 5) is 11.6. The van der Waals surface area contributed by atoms with Gasteiger partial charge in [-0.3, -0.25) is 4.79 Å². The minimum absolute atomic E-state index is 0.226. The standard InChI is InChI=1S/C12H14ClNO3/c13-9-3-1-8(2-4-9)7-17-12(16)11-5-10(15)6-14-11/h1-4,10-11,14-15H,5-7H2/t10-,11-/m0/s1. The van der Waals surface area contributed by atoms with E-state index in [0.29, 0.717) is 18.0 Å². The summed E-state index contributed by atoms with van der Waals surface area (Å²) in [6, 6.07) is 6.74. The van der Waals surface area contributed by atoms with Gasteiger partial charge >= 0.3 is 5.97 Å². The van der Waals surface area contributed by atoms with Crippen LogP contribution in [0.2, 0.25) is 5.02 Å². The number of aliphatic hydroxyl groups is 1. The summed E-state index contributed by atoms with van der Waals surface area (Å²) in [5.74, 6) is -0.323. The van der Waals surface area contributed by atoms with E-state index >= 15 is 0 Å². The highest BCUT2D eigenvalue weighted by atomic mass is 35.5. The van der Waals surface area contributed by atoms with Crippen LogP contribution in [0.15, 0.2) is 24.3 Å². The molecule has 4 nitrogen and oxygen atoms in total. The molecule has 92 valence electrons. The van der Waals surface area contributed by atoms with Crippen LogP contribution in [0, 0.1) is 0 Å². The van der Waals surface area contributed by atoms with Crippen LogP contribution in [0.5, 0.6) is 0 Å². The summed E-state index contributed by atoms with van der Waals surface area (Å²) in [5, 5.41) is 12.8. The minimum Gasteiger partial charge on any atom is -0.460 e. The van der Waals surface area contributed by atoms with Gasteiger partial charge in [-0.1, -0.05) is 23.7 Å². The molecule has 1 aliphatic rings. The summed E-state index contributed by atoms with van der Waals surface area (Å²) in [6.07, 6.45) is -0.0394. The second-order valence-electron chi connectivity index (χ2n) is 4.08. The highest BCUT2D eigenvalue weighted by Gasteiger charge is 2.29. The summed E-state index contributed by atoms with van der Waals surface area (Å²) >= 11 is 5.75. The van der Waals surface area contributed by atoms with E-state index in [1.54, 1.807) is 12.1 Å². The lowest BCUT2D eigenvalue weighted by Gasteiger charge is -2.10. The minimum atomic E-state index is -0.455. The first-order valence-corrected chi connectivity index (χ1v) is 5.85. The van der Waals surface area contributed by atoms with Crippen molar-refractivity contribution in [1.82, 2.24) is 5.32 Å². The lowest BCUT2D eigenvalue weighted by molar-refractivity contribution is -0.147. The Labute approximate surface area is 105 Å². The van der Waals surface area contributed by atoms with E-state index in [9.17, 15) is 9.90 Å². The highest BCUT2D eigenvalue weighted by molar-refractivity contribution is 6.30. The number of carbonyl (C=O) groups excluding carboxylic acids is 1. The van der Waals surface area contributed by atoms with Crippen LogP contribution in [-0.4, -0.2) is 29.8 Å². The molecule has 0 aromatic heterocycles. The van der Waals surface area contributed by atoms with Gasteiger partial charge in [-0.15, -0.1) is 0 Å². The van der Waals surface area contributed by atoms with Crippen molar-refractivity contribution in [3.05, 3.63) is 34.9 Å². The third kappa shape index (κ3) is 3.43. The molecule has 0 spiro atoms. The number of nitrogens with one attached hydrogen (secondary N) is 1. The van der Waals surface area contributed by atoms with Gasteiger partial charge in [0.1, 0.15) is 12.6 Å². The number of hydrogen-bond acceptors (Lipinski definition) is 4. The van der Waals surface area contributed by atoms with Crippen LogP contribution in [0.3, 0.4) is 0 Å². The maximum absolute atomic E-state index is 11.6. The zero-order valence-electron chi connectivity index (χ0n) is 9.23. The molecule has 17 heavy (non-hydrogen) atoms. The Morgan fingerprint density at radius 1 is 1.47 bits per heavy atom. The van der Waals surface area contributed by atoms with Crippen LogP contribution < -0.4 is 5.32 Å². The molecule has 0 amide bonds. The van der Waals surface area contributed by atoms with Crippen molar-refractivity contribution in [2.45, 2.75) is 25.2 Å². The number of β-amino-alcohol motifs (C(OH)–C–C–N with tert-alkyl or cyclic N) is 1. The van der Waals surface area contributed by atoms with E-state index in [4.69, 9.17) is 16.3 Å². The van der Waals surface area contributed by atoms with E-state index in [1.807, 2.05) is 12.1 Å². The third-order valence-electron chi connectivity index (χ3n) is 2.69. The molecule has 1 saturated heterocycles. The number of halogens is 1. The zero-order chi connectivity index (χ0) is 12.3. The number of aliphatic hydroxyl groups excluding tert-OH is 1. The molecule has 1 aromatic rings. The SMILES string of the molecule is O=C(OCc1ccc(Cl)cc1)[C@@H]1C[C@H](O)CN1. The van der Waals surface area contributed by atoms with Gasteiger partial charge in [-0.2, -0.15) is 0 Å². The Morgan fingerprint density at radius 2 is 2.18 bits per heavy atom. The molecule has 0 bridgehead atoms. The molecule has 2 N–H and O–H groups in total. The number of hydrogen-bond donors (Lipinski definition) is 2. The Balaban J connectivity index is 1.82. The van der Waals surface area contributed by atoms with Gasteiger partial charge in [0.25, 0.3) is 0 Å². The molecule has 1 aromatic carbocycles. The van der Waals surface area contributed by atoms with Crippen molar-refractivity contribution < 1.29 is 14.6 Å². The molecule has 5 heteroatoms. The monoisotopic (exact) mass is 255 g/mol. The average Bonchev–Trinajstić information content (AvgIpc) is 2.75. The number of carbonyl (C=O) groups is 1. The van der Waals surface area contributed by atoms with Gasteiger partial charge < -0.3 is 15.2 Å². The predicted molar refractivity (Wildman–Crippen MR) is 63.7 cm³/mol. The average molecular weight is 256 g/mol. The summed E-state index contributed by atoms with van der Waals surface area (Å²) in [5.41, 5.74) is 0.890. The smallest absolute Gasteiger partial charge is 0.323 e. The second kappa shape index (κ2) is 5.49. The summed E-state index contributed by atoms with van der Waals surface area (Å²) in [6.45, 7) is 0.672. The summed E-state index contributed by atoms with van der Waals surface area (Å²) in [7, 11) is 0. The van der Waals surface area contributed by atoms with E-state index in [-0.39, 0.29) is 12.6 Å². The molecule has 0 saturated carbocycles. The zero-order valence-corrected chi connectivity index (χ0v) is 9.98. The van der Waals surface area contributed by atoms with Gasteiger partial charge in [0.05, 0.1) is 6.10 Å². The predicted octanol–water partition coefficient (Wildman–Crippen LogP) is 1.11. The molecular weight excluding hydrogens is 242 g/mol. The quantitative estimate of drug-likeness (QED) is 0.795. The van der Waals surface area contributed by atoms with E-state index < -0.39 is 12.1 Å². The Kier molecular flexibility index (Phi) is 3.99. The molecule has 0 aliphatic carbocycles. The van der Waals surface area contributed by atoms with Crippen molar-refractivity contribution in [3.8, 4) is 0 Å². The second-order valence-corrected chi connectivity index (χ2v) is 4.52. The van der Waals surface area contributed by atoms with Crippen LogP contribution >= 0.6 is 11.6 Å². The lowest BCUT2D eigenvalue weighted by Crippen LogP contribution is -2.32. The first-order chi connectivity index (χ1) is 8.15. The van der Waals surface area contributed by atoms with Crippen LogP contribution in [0.1, 0.15) is 12.0 Å². The number of esters is 1. The van der Waals surface area contributed by atoms with Crippen LogP contribution in [0.25, 0.3) is 0 Å². The van der Waals surface area contributed by atoms with E-state index in [0.717, 1.165) is 5.56 Å². The summed E-state index contributed by atoms with van der Waals surface area (Å²) < 4.78 is 5.14. The van der Waals surface area contributed by atoms with Gasteiger partial charge in [0.15, 0.2) is 0 Å². The lowest BCUT2D eigenvalue weighted by atomic mass is 10.2. The first kappa shape index (κ1) is 12.4. The van der Waals surface area contributed by atoms with E-state index in [1.165, 1.54) is 0 Å². The normalized spacial score (nSPS) is 23.6. The van der Waals surface area contributed by atoms with Gasteiger partial charge in [-0.25, -0.2) is 0 Å². The molecule has 1 aliphatic heterocycles. The van der Waals surface area contributed by atoms with Gasteiger partial charge in [0, 0.05) is 18.0 Å². The number of ether oxygens (including phenoxy) is 1. The molecule has 1 fully saturated rings. The maximum Gasteiger partial charge on any atom is 0.323 e. The fraction of sp³-hybridized carbons (Fsp3) is 0.417. The topological polar surface area (TPSA) is 58.6 Å². The Morgan fingerprint density at radius 3 is 2.76 bits per heavy atom. The van der Waals surface area contributed by atoms with Crippen molar-refractivity contribution in [1.29, 1.82) is 0 Å². The molecule has 2 rings (SSSR count). The van der Waals surface area contributed by atoms with Crippen molar-refractivity contribution >= 4 is 17.6 Å². The molecule has 0 unspecified atom stereocenters. The van der Waals surface area contributed by atoms with Gasteiger partial charge in [0.2, 0.25) is 0 Å². The number of benzene rings is 1. The van der Waals surface area contributed by atoms with Crippen LogP contribution in [-0.2, 0) is 16.1 Å². The largest absolute Gasteiger partial charge is 0.460 e. The molecule has 2 atom stereocenters. The fourth-order valence-electron chi connectivity index (χ4n) is 1.73. The van der Waals surface area contributed by atoms with Crippen LogP contribution in [0.4, 0.5) is 0 Å². The molecular formula is C12H14ClNO3. The Hall–Kier alpha value is -1.10. The molecule has 1 heterocycles. The van der Waals surface area contributed by atoms with Gasteiger partial charge in [-0.05, 0) is 17.7 Å². The van der Waals surface area contributed by atoms with E-state index in [2.05, 4.69) is 5.32 Å². The third-order valence-corrected chi connectivity index (χ3v) is 2.94. The maximum atomic E-state index is 11.6. The highest BCUT2D eigenvalue weighted by Crippen LogP contribution is 2.12.